The van der Waals surface area contributed by atoms with Gasteiger partial charge >= 0.3 is 6.18 Å². The minimum Gasteiger partial charge on any atom is -0.383 e. The number of nitrogens with zero attached hydrogens (tertiary/aromatic N) is 2. The van der Waals surface area contributed by atoms with Crippen molar-refractivity contribution in [3.63, 3.8) is 0 Å². The molecule has 2 aliphatic rings. The maximum atomic E-state index is 13.3. The molecule has 142 valence electrons. The first-order valence-electron chi connectivity index (χ1n) is 9.38. The molecule has 1 aromatic heterocycles. The Hall–Kier alpha value is -2.13. The number of aliphatic hydroxyl groups excluding tert-OH is 1. The molecule has 0 saturated heterocycles. The van der Waals surface area contributed by atoms with Crippen LogP contribution in [0.25, 0.3) is 10.8 Å². The van der Waals surface area contributed by atoms with Gasteiger partial charge in [-0.25, -0.2) is 4.98 Å². The fourth-order valence-corrected chi connectivity index (χ4v) is 5.14. The van der Waals surface area contributed by atoms with Crippen LogP contribution in [0, 0.1) is 28.6 Å². The van der Waals surface area contributed by atoms with Crippen LogP contribution in [0.4, 0.5) is 13.2 Å². The summed E-state index contributed by atoms with van der Waals surface area (Å²) in [5.74, 6) is -0.488. The Balaban J connectivity index is 1.67. The highest BCUT2D eigenvalue weighted by Crippen LogP contribution is 2.66. The average Bonchev–Trinajstić information content (AvgIpc) is 3.34. The molecule has 4 unspecified atom stereocenters. The number of benzene rings is 1. The van der Waals surface area contributed by atoms with Crippen LogP contribution in [0.2, 0.25) is 0 Å². The Labute approximate surface area is 155 Å². The van der Waals surface area contributed by atoms with Gasteiger partial charge in [0.2, 0.25) is 0 Å². The van der Waals surface area contributed by atoms with Gasteiger partial charge in [0.15, 0.2) is 6.10 Å². The average molecular weight is 374 g/mol. The van der Waals surface area contributed by atoms with Crippen LogP contribution in [0.5, 0.6) is 0 Å². The van der Waals surface area contributed by atoms with Crippen LogP contribution in [0.15, 0.2) is 30.5 Å². The maximum absolute atomic E-state index is 13.3. The number of halogens is 3. The van der Waals surface area contributed by atoms with Crippen molar-refractivity contribution < 1.29 is 18.3 Å². The number of aromatic nitrogens is 1. The molecule has 6 heteroatoms. The Bertz CT molecular complexity index is 904. The molecular formula is C21H21F3N2O. The van der Waals surface area contributed by atoms with Crippen molar-refractivity contribution in [1.82, 2.24) is 4.98 Å². The third-order valence-corrected chi connectivity index (χ3v) is 6.52. The fourth-order valence-electron chi connectivity index (χ4n) is 5.14. The van der Waals surface area contributed by atoms with E-state index in [1.54, 1.807) is 6.20 Å². The lowest BCUT2D eigenvalue weighted by molar-refractivity contribution is -0.227. The second kappa shape index (κ2) is 6.49. The van der Waals surface area contributed by atoms with Gasteiger partial charge in [-0.15, -0.1) is 0 Å². The van der Waals surface area contributed by atoms with Crippen molar-refractivity contribution >= 4 is 10.8 Å². The Kier molecular flexibility index (Phi) is 4.38. The molecule has 2 aliphatic carbocycles. The van der Waals surface area contributed by atoms with E-state index in [1.807, 2.05) is 24.3 Å². The molecule has 0 spiro atoms. The molecule has 2 fully saturated rings. The monoisotopic (exact) mass is 374 g/mol. The second-order valence-electron chi connectivity index (χ2n) is 8.02. The van der Waals surface area contributed by atoms with E-state index in [-0.39, 0.29) is 5.92 Å². The van der Waals surface area contributed by atoms with Crippen molar-refractivity contribution in [3.8, 4) is 6.07 Å². The predicted octanol–water partition coefficient (Wildman–Crippen LogP) is 4.77. The lowest BCUT2D eigenvalue weighted by atomic mass is 9.76. The molecule has 2 saturated carbocycles. The van der Waals surface area contributed by atoms with Gasteiger partial charge in [0.05, 0.1) is 0 Å². The first-order chi connectivity index (χ1) is 12.8. The first-order valence-corrected chi connectivity index (χ1v) is 9.38. The zero-order valence-electron chi connectivity index (χ0n) is 14.8. The molecule has 1 N–H and O–H groups in total. The molecule has 4 rings (SSSR count). The highest BCUT2D eigenvalue weighted by atomic mass is 19.4. The Morgan fingerprint density at radius 3 is 2.78 bits per heavy atom. The maximum Gasteiger partial charge on any atom is 0.414 e. The summed E-state index contributed by atoms with van der Waals surface area (Å²) in [5, 5.41) is 20.8. The van der Waals surface area contributed by atoms with Gasteiger partial charge in [0.25, 0.3) is 0 Å². The summed E-state index contributed by atoms with van der Waals surface area (Å²) in [6, 6.07) is 9.54. The zero-order chi connectivity index (χ0) is 19.2. The van der Waals surface area contributed by atoms with Crippen molar-refractivity contribution in [2.75, 3.05) is 0 Å². The summed E-state index contributed by atoms with van der Waals surface area (Å²) in [4.78, 5) is 4.05. The van der Waals surface area contributed by atoms with E-state index in [2.05, 4.69) is 11.1 Å². The first kappa shape index (κ1) is 18.2. The number of nitriles is 1. The number of alkyl halides is 3. The van der Waals surface area contributed by atoms with E-state index in [0.29, 0.717) is 18.5 Å². The summed E-state index contributed by atoms with van der Waals surface area (Å²) >= 11 is 0. The molecule has 0 amide bonds. The Morgan fingerprint density at radius 1 is 1.26 bits per heavy atom. The van der Waals surface area contributed by atoms with Gasteiger partial charge in [0, 0.05) is 11.6 Å². The predicted molar refractivity (Wildman–Crippen MR) is 94.7 cm³/mol. The van der Waals surface area contributed by atoms with Crippen LogP contribution < -0.4 is 0 Å². The number of fused-ring (bicyclic) bond motifs is 2. The normalized spacial score (nSPS) is 28.9. The summed E-state index contributed by atoms with van der Waals surface area (Å²) in [7, 11) is 0. The number of aliphatic hydroxyl groups is 1. The van der Waals surface area contributed by atoms with Crippen molar-refractivity contribution in [2.24, 2.45) is 17.3 Å². The molecule has 0 aliphatic heterocycles. The van der Waals surface area contributed by atoms with Gasteiger partial charge in [-0.3, -0.25) is 0 Å². The van der Waals surface area contributed by atoms with Gasteiger partial charge in [-0.05, 0) is 60.0 Å². The lowest BCUT2D eigenvalue weighted by Crippen LogP contribution is -2.41. The molecule has 0 radical (unpaired) electrons. The summed E-state index contributed by atoms with van der Waals surface area (Å²) in [6.45, 7) is 0. The van der Waals surface area contributed by atoms with Gasteiger partial charge in [-0.1, -0.05) is 31.0 Å². The second-order valence-corrected chi connectivity index (χ2v) is 8.02. The highest BCUT2D eigenvalue weighted by Gasteiger charge is 2.63. The smallest absolute Gasteiger partial charge is 0.383 e. The van der Waals surface area contributed by atoms with Gasteiger partial charge in [-0.2, -0.15) is 18.4 Å². The van der Waals surface area contributed by atoms with Gasteiger partial charge < -0.3 is 5.11 Å². The zero-order valence-corrected chi connectivity index (χ0v) is 14.8. The summed E-state index contributed by atoms with van der Waals surface area (Å²) < 4.78 is 39.8. The molecule has 0 bridgehead atoms. The van der Waals surface area contributed by atoms with Crippen molar-refractivity contribution in [2.45, 2.75) is 50.8 Å². The third kappa shape index (κ3) is 3.19. The van der Waals surface area contributed by atoms with E-state index >= 15 is 0 Å². The fraction of sp³-hybridized carbons (Fsp3) is 0.524. The lowest BCUT2D eigenvalue weighted by Gasteiger charge is -2.32. The van der Waals surface area contributed by atoms with Crippen LogP contribution in [-0.2, 0) is 6.42 Å². The minimum absolute atomic E-state index is 0.254. The molecule has 2 aromatic rings. The SMILES string of the molecule is N#Cc1nccc2cc(CC34CC3CCCCC4C(O)C(F)(F)F)ccc12. The topological polar surface area (TPSA) is 56.9 Å². The molecule has 1 aromatic carbocycles. The van der Waals surface area contributed by atoms with Crippen molar-refractivity contribution in [1.29, 1.82) is 5.26 Å². The molecule has 1 heterocycles. The van der Waals surface area contributed by atoms with Crippen molar-refractivity contribution in [3.05, 3.63) is 41.7 Å². The quantitative estimate of drug-likeness (QED) is 0.842. The number of hydrogen-bond donors (Lipinski definition) is 1. The Morgan fingerprint density at radius 2 is 2.04 bits per heavy atom. The summed E-state index contributed by atoms with van der Waals surface area (Å²) in [5.41, 5.74) is 0.840. The standard InChI is InChI=1S/C21H21F3N2O/c22-21(23,24)19(27)17-4-2-1-3-15-11-20(15,17)10-13-5-6-16-14(9-13)7-8-26-18(16)12-25/h5-9,15,17,19,27H,1-4,10-11H2. The van der Waals surface area contributed by atoms with E-state index in [1.165, 1.54) is 0 Å². The molecule has 3 nitrogen and oxygen atoms in total. The largest absolute Gasteiger partial charge is 0.414 e. The molecule has 4 atom stereocenters. The van der Waals surface area contributed by atoms with Crippen LogP contribution in [0.1, 0.15) is 43.4 Å². The van der Waals surface area contributed by atoms with Crippen LogP contribution >= 0.6 is 0 Å². The third-order valence-electron chi connectivity index (χ3n) is 6.52. The minimum atomic E-state index is -4.58. The highest BCUT2D eigenvalue weighted by molar-refractivity contribution is 5.86. The van der Waals surface area contributed by atoms with E-state index in [4.69, 9.17) is 0 Å². The number of rotatable bonds is 3. The van der Waals surface area contributed by atoms with E-state index in [9.17, 15) is 23.5 Å². The van der Waals surface area contributed by atoms with E-state index < -0.39 is 23.6 Å². The number of pyridine rings is 1. The number of hydrogen-bond acceptors (Lipinski definition) is 3. The summed E-state index contributed by atoms with van der Waals surface area (Å²) in [6.07, 6.45) is -0.928. The molecular weight excluding hydrogens is 353 g/mol. The molecule has 27 heavy (non-hydrogen) atoms. The van der Waals surface area contributed by atoms with Crippen LogP contribution in [0.3, 0.4) is 0 Å². The van der Waals surface area contributed by atoms with Crippen LogP contribution in [-0.4, -0.2) is 22.4 Å². The van der Waals surface area contributed by atoms with Gasteiger partial charge in [0.1, 0.15) is 11.8 Å². The van der Waals surface area contributed by atoms with E-state index in [0.717, 1.165) is 42.0 Å².